The van der Waals surface area contributed by atoms with E-state index in [4.69, 9.17) is 11.7 Å². The van der Waals surface area contributed by atoms with Gasteiger partial charge in [-0.3, -0.25) is 0 Å². The molecule has 134 valence electrons. The molecule has 4 N–H and O–H groups in total. The average Bonchev–Trinajstić information content (AvgIpc) is 3.26. The number of nitrogens with zero attached hydrogens (tertiary/aromatic N) is 2. The summed E-state index contributed by atoms with van der Waals surface area (Å²) in [5.74, 6) is 13.7. The maximum absolute atomic E-state index is 6.87. The number of hydrogen-bond acceptors (Lipinski definition) is 6. The van der Waals surface area contributed by atoms with E-state index in [-0.39, 0.29) is 0 Å². The van der Waals surface area contributed by atoms with Gasteiger partial charge in [0.1, 0.15) is 0 Å². The average molecular weight is 777 g/mol. The van der Waals surface area contributed by atoms with Crippen molar-refractivity contribution in [3.63, 3.8) is 0 Å². The van der Waals surface area contributed by atoms with E-state index in [1.54, 1.807) is 0 Å². The molecule has 0 atom stereocenters. The zero-order valence-corrected chi connectivity index (χ0v) is 20.6. The molecule has 0 unspecified atom stereocenters. The van der Waals surface area contributed by atoms with E-state index in [1.165, 1.54) is 22.7 Å². The number of fused-ring (bicyclic) bond motifs is 2. The van der Waals surface area contributed by atoms with Gasteiger partial charge in [0.2, 0.25) is 0 Å². The van der Waals surface area contributed by atoms with E-state index in [0.717, 1.165) is 20.4 Å². The molecule has 0 saturated carbocycles. The summed E-state index contributed by atoms with van der Waals surface area (Å²) in [6.07, 6.45) is 0. The number of para-hydroxylation sites is 2. The van der Waals surface area contributed by atoms with Crippen molar-refractivity contribution in [2.75, 3.05) is 10.9 Å². The third-order valence-corrected chi connectivity index (χ3v) is 4.71. The number of hydrogen-bond donors (Lipinski definition) is 2. The molecule has 0 aliphatic heterocycles. The first-order chi connectivity index (χ1) is 12.2. The molecule has 0 amide bonds. The van der Waals surface area contributed by atoms with Gasteiger partial charge in [0, 0.05) is 0 Å². The van der Waals surface area contributed by atoms with Crippen molar-refractivity contribution < 1.29 is 11.2 Å². The fourth-order valence-electron chi connectivity index (χ4n) is 1.85. The number of anilines is 2. The van der Waals surface area contributed by atoms with E-state index in [2.05, 4.69) is 59.5 Å². The number of rotatable bonds is 2. The zero-order valence-electron chi connectivity index (χ0n) is 12.4. The second kappa shape index (κ2) is 11.6. The van der Waals surface area contributed by atoms with Crippen LogP contribution in [0.1, 0.15) is 0 Å². The van der Waals surface area contributed by atoms with Crippen LogP contribution >= 0.6 is 61.4 Å². The van der Waals surface area contributed by atoms with Crippen LogP contribution in [-0.2, 0) is 11.2 Å². The molecule has 0 aliphatic carbocycles. The first-order valence-corrected chi connectivity index (χ1v) is 21.1. The minimum absolute atomic E-state index is 0.523. The first kappa shape index (κ1) is 21.2. The Labute approximate surface area is 182 Å². The SMILES string of the molecule is [I][Pt+2][I].[NH-]Nc1nc2ccccc2s1.[NH-]Nc1nc2ccccc2s1. The second-order valence-corrected chi connectivity index (χ2v) is 22.9. The minimum atomic E-state index is 0.523. The van der Waals surface area contributed by atoms with Crippen LogP contribution < -0.4 is 10.9 Å². The molecule has 25 heavy (non-hydrogen) atoms. The van der Waals surface area contributed by atoms with Crippen LogP contribution in [-0.4, -0.2) is 9.97 Å². The van der Waals surface area contributed by atoms with Gasteiger partial charge in [-0.2, -0.15) is 0 Å². The van der Waals surface area contributed by atoms with Gasteiger partial charge < -0.3 is 22.5 Å². The van der Waals surface area contributed by atoms with Gasteiger partial charge in [-0.1, -0.05) is 46.9 Å². The van der Waals surface area contributed by atoms with Crippen molar-refractivity contribution in [3.05, 3.63) is 60.2 Å². The molecule has 2 aromatic carbocycles. The summed E-state index contributed by atoms with van der Waals surface area (Å²) in [5.41, 5.74) is 6.45. The molecule has 0 bridgehead atoms. The van der Waals surface area contributed by atoms with Crippen molar-refractivity contribution in [1.82, 2.24) is 9.97 Å². The van der Waals surface area contributed by atoms with Gasteiger partial charge in [-0.05, 0) is 24.3 Å². The van der Waals surface area contributed by atoms with E-state index >= 15 is 0 Å². The second-order valence-electron chi connectivity index (χ2n) is 4.27. The van der Waals surface area contributed by atoms with Crippen LogP contribution in [0.5, 0.6) is 0 Å². The van der Waals surface area contributed by atoms with Gasteiger partial charge in [0.25, 0.3) is 0 Å². The summed E-state index contributed by atoms with van der Waals surface area (Å²) >= 11 is 8.27. The van der Waals surface area contributed by atoms with Gasteiger partial charge in [-0.25, -0.2) is 9.97 Å². The molecule has 11 heteroatoms. The van der Waals surface area contributed by atoms with Gasteiger partial charge >= 0.3 is 49.9 Å². The van der Waals surface area contributed by atoms with E-state index in [1.807, 2.05) is 48.5 Å². The summed E-state index contributed by atoms with van der Waals surface area (Å²) in [6, 6.07) is 15.7. The van der Waals surface area contributed by atoms with Gasteiger partial charge in [0.05, 0.1) is 20.4 Å². The Bertz CT molecular complexity index is 776. The molecule has 0 radical (unpaired) electrons. The van der Waals surface area contributed by atoms with Crippen LogP contribution in [0.2, 0.25) is 0 Å². The van der Waals surface area contributed by atoms with E-state index in [0.29, 0.717) is 21.5 Å². The quantitative estimate of drug-likeness (QED) is 0.168. The van der Waals surface area contributed by atoms with Gasteiger partial charge in [0.15, 0.2) is 10.3 Å². The van der Waals surface area contributed by atoms with E-state index in [9.17, 15) is 0 Å². The molecule has 0 fully saturated rings. The maximum atomic E-state index is 6.87. The normalized spacial score (nSPS) is 9.92. The Morgan fingerprint density at radius 2 is 1.12 bits per heavy atom. The third-order valence-electron chi connectivity index (χ3n) is 2.80. The third kappa shape index (κ3) is 6.52. The summed E-state index contributed by atoms with van der Waals surface area (Å²) in [4.78, 5) is 8.30. The van der Waals surface area contributed by atoms with Crippen LogP contribution in [0.3, 0.4) is 0 Å². The van der Waals surface area contributed by atoms with Crippen molar-refractivity contribution in [1.29, 1.82) is 0 Å². The predicted molar refractivity (Wildman–Crippen MR) is 123 cm³/mol. The maximum Gasteiger partial charge on any atom is 0.166 e. The minimum Gasteiger partial charge on any atom is -0.584 e. The number of nitrogens with one attached hydrogen (secondary N) is 4. The zero-order chi connectivity index (χ0) is 18.1. The van der Waals surface area contributed by atoms with Crippen LogP contribution in [0.4, 0.5) is 10.3 Å². The molecular formula is C14H12I2N6PtS2. The van der Waals surface area contributed by atoms with Crippen LogP contribution in [0.15, 0.2) is 48.5 Å². The Morgan fingerprint density at radius 1 is 0.760 bits per heavy atom. The molecule has 0 spiro atoms. The molecule has 4 rings (SSSR count). The number of halogens is 2. The Hall–Kier alpha value is -0.112. The Balaban J connectivity index is 0.000000156. The fourth-order valence-corrected chi connectivity index (χ4v) is 3.39. The monoisotopic (exact) mass is 777 g/mol. The molecule has 2 heterocycles. The first-order valence-electron chi connectivity index (χ1n) is 6.60. The summed E-state index contributed by atoms with van der Waals surface area (Å²) in [6.45, 7) is 0. The predicted octanol–water partition coefficient (Wildman–Crippen LogP) is 7.12. The van der Waals surface area contributed by atoms with Crippen LogP contribution in [0, 0.1) is 0 Å². The standard InChI is InChI=1S/2C7H6N3S.2HI.Pt/c2*8-10-7-9-5-3-1-2-4-6(5)11-7;;;/h2*1-4,8H,(H,9,10);2*1H;/q2*-1;;;+4/p-2. The summed E-state index contributed by atoms with van der Waals surface area (Å²) in [5, 5.41) is 1.29. The smallest absolute Gasteiger partial charge is 0.166 e. The summed E-state index contributed by atoms with van der Waals surface area (Å²) < 4.78 is 2.23. The molecule has 0 saturated heterocycles. The topological polar surface area (TPSA) is 97.4 Å². The van der Waals surface area contributed by atoms with Crippen molar-refractivity contribution in [2.45, 2.75) is 0 Å². The van der Waals surface area contributed by atoms with E-state index < -0.39 is 0 Å². The number of benzene rings is 2. The van der Waals surface area contributed by atoms with Crippen molar-refractivity contribution in [2.24, 2.45) is 0 Å². The molecular weight excluding hydrogens is 765 g/mol. The summed E-state index contributed by atoms with van der Waals surface area (Å²) in [7, 11) is 0. The molecule has 2 aromatic heterocycles. The van der Waals surface area contributed by atoms with Crippen LogP contribution in [0.25, 0.3) is 32.1 Å². The number of aromatic nitrogens is 2. The Morgan fingerprint density at radius 3 is 1.44 bits per heavy atom. The molecule has 4 aromatic rings. The van der Waals surface area contributed by atoms with Crippen molar-refractivity contribution >= 4 is 92.1 Å². The Kier molecular flexibility index (Phi) is 9.81. The van der Waals surface area contributed by atoms with Crippen molar-refractivity contribution in [3.8, 4) is 0 Å². The number of thiazole rings is 2. The largest absolute Gasteiger partial charge is 0.584 e. The van der Waals surface area contributed by atoms with Gasteiger partial charge in [-0.15, -0.1) is 0 Å². The fraction of sp³-hybridized carbons (Fsp3) is 0. The molecule has 6 nitrogen and oxygen atoms in total. The molecule has 0 aliphatic rings.